The lowest BCUT2D eigenvalue weighted by atomic mass is 10.0. The average molecular weight is 445 g/mol. The third-order valence-corrected chi connectivity index (χ3v) is 5.06. The monoisotopic (exact) mass is 445 g/mol. The fourth-order valence-electron chi connectivity index (χ4n) is 3.62. The van der Waals surface area contributed by atoms with Crippen molar-refractivity contribution < 1.29 is 27.5 Å². The van der Waals surface area contributed by atoms with Crippen LogP contribution in [0.4, 0.5) is 24.7 Å². The van der Waals surface area contributed by atoms with E-state index in [0.29, 0.717) is 11.3 Å². The van der Waals surface area contributed by atoms with Gasteiger partial charge in [-0.15, -0.1) is 13.2 Å². The molecule has 0 radical (unpaired) electrons. The first kappa shape index (κ1) is 21.3. The minimum Gasteiger partial charge on any atom is -0.406 e. The number of rotatable bonds is 5. The van der Waals surface area contributed by atoms with E-state index in [1.165, 1.54) is 29.4 Å². The van der Waals surface area contributed by atoms with Gasteiger partial charge < -0.3 is 15.4 Å². The first-order valence-electron chi connectivity index (χ1n) is 9.62. The Morgan fingerprint density at radius 3 is 2.62 bits per heavy atom. The van der Waals surface area contributed by atoms with E-state index < -0.39 is 12.3 Å². The molecule has 0 saturated carbocycles. The molecule has 0 aliphatic carbocycles. The van der Waals surface area contributed by atoms with Crippen LogP contribution in [0.2, 0.25) is 0 Å². The van der Waals surface area contributed by atoms with Gasteiger partial charge >= 0.3 is 6.36 Å². The highest BCUT2D eigenvalue weighted by Gasteiger charge is 2.34. The van der Waals surface area contributed by atoms with Gasteiger partial charge in [-0.05, 0) is 43.3 Å². The lowest BCUT2D eigenvalue weighted by Gasteiger charge is -2.32. The molecule has 1 aliphatic rings. The van der Waals surface area contributed by atoms with Crippen LogP contribution in [0.3, 0.4) is 0 Å². The Balaban J connectivity index is 1.60. The highest BCUT2D eigenvalue weighted by Crippen LogP contribution is 2.31. The van der Waals surface area contributed by atoms with Crippen molar-refractivity contribution >= 4 is 23.2 Å². The van der Waals surface area contributed by atoms with Gasteiger partial charge in [-0.2, -0.15) is 5.10 Å². The van der Waals surface area contributed by atoms with E-state index >= 15 is 0 Å². The number of ketones is 1. The van der Waals surface area contributed by atoms with Gasteiger partial charge in [0.25, 0.3) is 5.91 Å². The zero-order valence-electron chi connectivity index (χ0n) is 16.8. The van der Waals surface area contributed by atoms with Crippen molar-refractivity contribution in [3.05, 3.63) is 65.6 Å². The van der Waals surface area contributed by atoms with Crippen LogP contribution in [0.1, 0.15) is 39.4 Å². The molecular formula is C21H18F3N5O3. The minimum atomic E-state index is -4.80. The Labute approximate surface area is 180 Å². The summed E-state index contributed by atoms with van der Waals surface area (Å²) in [6.07, 6.45) is -1.96. The predicted octanol–water partition coefficient (Wildman–Crippen LogP) is 3.41. The van der Waals surface area contributed by atoms with Crippen LogP contribution in [0.5, 0.6) is 5.75 Å². The molecule has 8 nitrogen and oxygen atoms in total. The molecule has 1 aliphatic heterocycles. The Bertz CT molecular complexity index is 1170. The van der Waals surface area contributed by atoms with Crippen molar-refractivity contribution in [2.75, 3.05) is 17.2 Å². The van der Waals surface area contributed by atoms with Crippen molar-refractivity contribution in [1.29, 1.82) is 0 Å². The van der Waals surface area contributed by atoms with Crippen LogP contribution in [0.15, 0.2) is 48.8 Å². The summed E-state index contributed by atoms with van der Waals surface area (Å²) < 4.78 is 42.6. The second-order valence-electron chi connectivity index (χ2n) is 7.31. The number of nitrogens with zero attached hydrogens (tertiary/aromatic N) is 4. The second-order valence-corrected chi connectivity index (χ2v) is 7.31. The molecule has 1 atom stereocenters. The number of aromatic nitrogens is 3. The molecule has 4 rings (SSSR count). The topological polar surface area (TPSA) is 103 Å². The maximum atomic E-state index is 13.2. The van der Waals surface area contributed by atoms with Crippen molar-refractivity contribution in [2.24, 2.45) is 0 Å². The number of nitrogens with two attached hydrogens (primary N) is 1. The number of carbonyl (C=O) groups excluding carboxylic acids is 2. The number of alkyl halides is 3. The Morgan fingerprint density at radius 2 is 1.97 bits per heavy atom. The average Bonchev–Trinajstić information content (AvgIpc) is 3.15. The van der Waals surface area contributed by atoms with E-state index in [4.69, 9.17) is 5.73 Å². The number of carbonyl (C=O) groups is 2. The number of halogens is 3. The number of pyridine rings is 1. The van der Waals surface area contributed by atoms with Crippen LogP contribution in [-0.4, -0.2) is 39.4 Å². The molecule has 166 valence electrons. The predicted molar refractivity (Wildman–Crippen MR) is 108 cm³/mol. The Hall–Kier alpha value is -3.89. The van der Waals surface area contributed by atoms with Crippen LogP contribution >= 0.6 is 0 Å². The van der Waals surface area contributed by atoms with Gasteiger partial charge in [-0.25, -0.2) is 4.98 Å². The van der Waals surface area contributed by atoms with E-state index in [2.05, 4.69) is 14.8 Å². The molecule has 32 heavy (non-hydrogen) atoms. The fourth-order valence-corrected chi connectivity index (χ4v) is 3.62. The largest absolute Gasteiger partial charge is 0.573 e. The summed E-state index contributed by atoms with van der Waals surface area (Å²) in [5, 5.41) is 4.26. The number of nitrogen functional groups attached to an aromatic ring is 1. The molecule has 2 N–H and O–H groups in total. The molecule has 2 aromatic heterocycles. The van der Waals surface area contributed by atoms with Crippen molar-refractivity contribution in [3.63, 3.8) is 0 Å². The quantitative estimate of drug-likeness (QED) is 0.604. The summed E-state index contributed by atoms with van der Waals surface area (Å²) in [6.45, 7) is 2.11. The highest BCUT2D eigenvalue weighted by atomic mass is 19.4. The minimum absolute atomic E-state index is 0.0982. The standard InChI is InChI=1S/C21H18F3N5O3/c1-12-11-28(14-4-6-15(7-5-14)32-21(22,23)24)20(31)18-13(10-27-29(12)18)9-17(30)16-3-2-8-26-19(16)25/h2-8,10,12H,9,11H2,1H3,(H2,25,26)/t12-/m0/s1. The summed E-state index contributed by atoms with van der Waals surface area (Å²) in [6, 6.07) is 7.96. The summed E-state index contributed by atoms with van der Waals surface area (Å²) >= 11 is 0. The number of amides is 1. The maximum Gasteiger partial charge on any atom is 0.573 e. The lowest BCUT2D eigenvalue weighted by molar-refractivity contribution is -0.274. The van der Waals surface area contributed by atoms with Crippen molar-refractivity contribution in [1.82, 2.24) is 14.8 Å². The zero-order valence-corrected chi connectivity index (χ0v) is 16.8. The molecule has 1 aromatic carbocycles. The molecule has 0 unspecified atom stereocenters. The molecule has 3 heterocycles. The first-order chi connectivity index (χ1) is 15.1. The summed E-state index contributed by atoms with van der Waals surface area (Å²) in [5.41, 5.74) is 7.10. The molecular weight excluding hydrogens is 427 g/mol. The van der Waals surface area contributed by atoms with Crippen LogP contribution in [0, 0.1) is 0 Å². The number of fused-ring (bicyclic) bond motifs is 1. The smallest absolute Gasteiger partial charge is 0.406 e. The molecule has 0 spiro atoms. The van der Waals surface area contributed by atoms with Crippen molar-refractivity contribution in [2.45, 2.75) is 25.7 Å². The third-order valence-electron chi connectivity index (χ3n) is 5.06. The molecule has 1 amide bonds. The summed E-state index contributed by atoms with van der Waals surface area (Å²) in [5.74, 6) is -1.00. The van der Waals surface area contributed by atoms with Crippen LogP contribution in [0.25, 0.3) is 0 Å². The van der Waals surface area contributed by atoms with Gasteiger partial charge in [-0.3, -0.25) is 14.3 Å². The SMILES string of the molecule is C[C@H]1CN(c2ccc(OC(F)(F)F)cc2)C(=O)c2c(CC(=O)c3cccnc3N)cnn21. The molecule has 3 aromatic rings. The normalized spacial score (nSPS) is 16.1. The number of hydrogen-bond acceptors (Lipinski definition) is 6. The van der Waals surface area contributed by atoms with E-state index in [-0.39, 0.29) is 47.6 Å². The number of benzene rings is 1. The Morgan fingerprint density at radius 1 is 1.25 bits per heavy atom. The molecule has 0 fully saturated rings. The third kappa shape index (κ3) is 4.13. The molecule has 0 saturated heterocycles. The highest BCUT2D eigenvalue weighted by molar-refractivity contribution is 6.08. The summed E-state index contributed by atoms with van der Waals surface area (Å²) in [4.78, 5) is 31.3. The van der Waals surface area contributed by atoms with Gasteiger partial charge in [0.15, 0.2) is 5.78 Å². The summed E-state index contributed by atoms with van der Waals surface area (Å²) in [7, 11) is 0. The van der Waals surface area contributed by atoms with Gasteiger partial charge in [0.2, 0.25) is 0 Å². The van der Waals surface area contributed by atoms with Crippen LogP contribution < -0.4 is 15.4 Å². The first-order valence-corrected chi connectivity index (χ1v) is 9.62. The van der Waals surface area contributed by atoms with E-state index in [9.17, 15) is 22.8 Å². The number of hydrogen-bond donors (Lipinski definition) is 1. The van der Waals surface area contributed by atoms with Gasteiger partial charge in [0.05, 0.1) is 17.8 Å². The second kappa shape index (κ2) is 7.98. The van der Waals surface area contributed by atoms with E-state index in [0.717, 1.165) is 12.1 Å². The number of Topliss-reactive ketones (excluding diaryl/α,β-unsaturated/α-hetero) is 1. The van der Waals surface area contributed by atoms with Crippen molar-refractivity contribution in [3.8, 4) is 5.75 Å². The van der Waals surface area contributed by atoms with Gasteiger partial charge in [-0.1, -0.05) is 0 Å². The van der Waals surface area contributed by atoms with Gasteiger partial charge in [0.1, 0.15) is 17.3 Å². The fraction of sp³-hybridized carbons (Fsp3) is 0.238. The van der Waals surface area contributed by atoms with E-state index in [1.807, 2.05) is 6.92 Å². The van der Waals surface area contributed by atoms with Crippen LogP contribution in [-0.2, 0) is 6.42 Å². The number of ether oxygens (including phenoxy) is 1. The van der Waals surface area contributed by atoms with Gasteiger partial charge in [0, 0.05) is 30.4 Å². The lowest BCUT2D eigenvalue weighted by Crippen LogP contribution is -2.43. The Kier molecular flexibility index (Phi) is 5.33. The maximum absolute atomic E-state index is 13.2. The molecule has 11 heteroatoms. The van der Waals surface area contributed by atoms with E-state index in [1.54, 1.807) is 16.8 Å². The molecule has 0 bridgehead atoms. The number of anilines is 2. The zero-order chi connectivity index (χ0) is 23.0.